The molecule has 0 unspecified atom stereocenters. The van der Waals surface area contributed by atoms with E-state index in [9.17, 15) is 21.4 Å². The van der Waals surface area contributed by atoms with Crippen LogP contribution < -0.4 is 42.9 Å². The average molecular weight is 1070 g/mol. The minimum absolute atomic E-state index is 0.0589. The Morgan fingerprint density at radius 3 is 1.51 bits per heavy atom. The van der Waals surface area contributed by atoms with E-state index in [0.29, 0.717) is 57.5 Å². The summed E-state index contributed by atoms with van der Waals surface area (Å²) >= 11 is 1.56. The van der Waals surface area contributed by atoms with Crippen molar-refractivity contribution in [2.45, 2.75) is 32.4 Å². The standard InChI is InChI=1S/C42H52N16O10S4/c1-57(2)23-5-21-45-37-52-40(48-30-15-19-34(20-16-30)71(44,60)61)55-41(53-37)49-31-11-9-27(35(25-31)70-68-66-59)7-8-28-10-12-32(26-36(28)72(62,63)64)50-42-54-38(46-22-6-24-58(3)4)51-39(56-42)47-29-13-17-33(18-14-29)69-67-65-43/h7-20,25-26,59H,5-6,21-24,43H2,1-4H3,(H2,44,60,61)(H,62,63,64)(H3,45,48,49,52,53,55)(H3,46,47,50,51,54,56)/b8-7+. The fraction of sp³-hybridized carbons (Fsp3) is 0.238. The first-order valence-electron chi connectivity index (χ1n) is 21.3. The highest BCUT2D eigenvalue weighted by Crippen LogP contribution is 2.32. The molecule has 0 aliphatic rings. The van der Waals surface area contributed by atoms with Crippen molar-refractivity contribution in [1.29, 1.82) is 0 Å². The molecule has 6 rings (SSSR count). The minimum Gasteiger partial charge on any atom is -0.354 e. The zero-order chi connectivity index (χ0) is 51.7. The van der Waals surface area contributed by atoms with Crippen LogP contribution in [-0.2, 0) is 38.8 Å². The maximum atomic E-state index is 12.9. The van der Waals surface area contributed by atoms with Gasteiger partial charge in [0.05, 0.1) is 29.0 Å². The summed E-state index contributed by atoms with van der Waals surface area (Å²) in [5, 5.41) is 36.9. The minimum atomic E-state index is -4.81. The van der Waals surface area contributed by atoms with E-state index >= 15 is 0 Å². The Morgan fingerprint density at radius 1 is 0.597 bits per heavy atom. The highest BCUT2D eigenvalue weighted by molar-refractivity contribution is 7.94. The first-order chi connectivity index (χ1) is 34.4. The molecule has 0 fully saturated rings. The fourth-order valence-electron chi connectivity index (χ4n) is 6.25. The van der Waals surface area contributed by atoms with Crippen molar-refractivity contribution in [1.82, 2.24) is 39.7 Å². The fourth-order valence-corrected chi connectivity index (χ4v) is 8.35. The SMILES string of the molecule is CN(C)CCCNc1nc(Nc2ccc(S(N)(=O)=O)cc2)nc(Nc2ccc(/C=C/c3ccc(Nc4nc(NCCCN(C)C)nc(Nc5ccc(SOON)cc5)n4)cc3S(=O)(=O)O)c(SOOO)c2)n1. The second-order valence-electron chi connectivity index (χ2n) is 15.7. The molecular formula is C42H52N16O10S4. The van der Waals surface area contributed by atoms with Crippen LogP contribution in [0.4, 0.5) is 58.4 Å². The van der Waals surface area contributed by atoms with Crippen LogP contribution in [0.15, 0.2) is 105 Å². The highest BCUT2D eigenvalue weighted by atomic mass is 32.2. The van der Waals surface area contributed by atoms with Gasteiger partial charge in [0, 0.05) is 45.6 Å². The maximum absolute atomic E-state index is 12.9. The number of sulfonamides is 1. The van der Waals surface area contributed by atoms with Gasteiger partial charge in [-0.15, -0.1) is 13.7 Å². The summed E-state index contributed by atoms with van der Waals surface area (Å²) in [5.41, 5.74) is 2.36. The van der Waals surface area contributed by atoms with Crippen LogP contribution in [0.3, 0.4) is 0 Å². The molecule has 0 saturated heterocycles. The van der Waals surface area contributed by atoms with Gasteiger partial charge in [-0.1, -0.05) is 29.3 Å². The summed E-state index contributed by atoms with van der Waals surface area (Å²) in [6.07, 6.45) is 4.60. The third-order valence-electron chi connectivity index (χ3n) is 9.53. The number of anilines is 10. The lowest BCUT2D eigenvalue weighted by Gasteiger charge is -2.14. The average Bonchev–Trinajstić information content (AvgIpc) is 3.32. The molecule has 30 heteroatoms. The van der Waals surface area contributed by atoms with Gasteiger partial charge in [0.2, 0.25) is 45.7 Å². The van der Waals surface area contributed by atoms with Gasteiger partial charge in [0.15, 0.2) is 0 Å². The molecule has 0 radical (unpaired) electrons. The molecule has 0 bridgehead atoms. The molecule has 0 atom stereocenters. The molecule has 26 nitrogen and oxygen atoms in total. The topological polar surface area (TPSA) is 354 Å². The first-order valence-corrected chi connectivity index (χ1v) is 25.8. The van der Waals surface area contributed by atoms with Crippen molar-refractivity contribution in [3.05, 3.63) is 96.1 Å². The lowest BCUT2D eigenvalue weighted by molar-refractivity contribution is -0.432. The number of nitrogens with two attached hydrogens (primary N) is 2. The molecule has 0 saturated carbocycles. The molecule has 72 heavy (non-hydrogen) atoms. The Morgan fingerprint density at radius 2 is 1.04 bits per heavy atom. The number of benzene rings is 4. The smallest absolute Gasteiger partial charge is 0.295 e. The molecule has 0 spiro atoms. The van der Waals surface area contributed by atoms with Crippen molar-refractivity contribution in [2.75, 3.05) is 86.3 Å². The van der Waals surface area contributed by atoms with Crippen molar-refractivity contribution in [3.8, 4) is 0 Å². The molecule has 4 aromatic carbocycles. The number of hydrogen-bond donors (Lipinski definition) is 10. The van der Waals surface area contributed by atoms with Crippen molar-refractivity contribution >= 4 is 115 Å². The van der Waals surface area contributed by atoms with E-state index < -0.39 is 25.0 Å². The number of primary sulfonamides is 1. The third kappa shape index (κ3) is 17.7. The van der Waals surface area contributed by atoms with Crippen LogP contribution in [0.2, 0.25) is 0 Å². The van der Waals surface area contributed by atoms with Crippen molar-refractivity contribution in [3.63, 3.8) is 0 Å². The molecule has 12 N–H and O–H groups in total. The summed E-state index contributed by atoms with van der Waals surface area (Å²) in [6.45, 7) is 2.71. The van der Waals surface area contributed by atoms with Crippen LogP contribution in [-0.4, -0.2) is 121 Å². The zero-order valence-corrected chi connectivity index (χ0v) is 42.3. The summed E-state index contributed by atoms with van der Waals surface area (Å²) in [7, 11) is -0.851. The Hall–Kier alpha value is -6.36. The molecular weight excluding hydrogens is 1020 g/mol. The van der Waals surface area contributed by atoms with E-state index in [1.165, 1.54) is 42.5 Å². The molecule has 6 aromatic rings. The summed E-state index contributed by atoms with van der Waals surface area (Å²) in [5.74, 6) is 5.88. The lowest BCUT2D eigenvalue weighted by atomic mass is 10.1. The number of nitrogens with zero attached hydrogens (tertiary/aromatic N) is 8. The van der Waals surface area contributed by atoms with Crippen LogP contribution in [0.25, 0.3) is 12.2 Å². The lowest BCUT2D eigenvalue weighted by Crippen LogP contribution is -2.17. The van der Waals surface area contributed by atoms with Crippen LogP contribution in [0, 0.1) is 0 Å². The first kappa shape index (κ1) is 55.0. The van der Waals surface area contributed by atoms with E-state index in [2.05, 4.69) is 71.8 Å². The van der Waals surface area contributed by atoms with Gasteiger partial charge >= 0.3 is 0 Å². The van der Waals surface area contributed by atoms with Crippen LogP contribution in [0.1, 0.15) is 24.0 Å². The van der Waals surface area contributed by atoms with Gasteiger partial charge in [-0.3, -0.25) is 4.55 Å². The van der Waals surface area contributed by atoms with Crippen molar-refractivity contribution in [2.24, 2.45) is 11.0 Å². The number of nitrogens with one attached hydrogen (secondary N) is 6. The molecule has 0 aliphatic heterocycles. The molecule has 384 valence electrons. The molecule has 2 heterocycles. The van der Waals surface area contributed by atoms with Crippen LogP contribution >= 0.6 is 24.1 Å². The van der Waals surface area contributed by atoms with Gasteiger partial charge in [0.25, 0.3) is 10.1 Å². The Balaban J connectivity index is 1.24. The predicted molar refractivity (Wildman–Crippen MR) is 275 cm³/mol. The molecule has 0 amide bonds. The Bertz CT molecular complexity index is 3000. The Kier molecular flexibility index (Phi) is 20.1. The quantitative estimate of drug-likeness (QED) is 0.00664. The third-order valence-corrected chi connectivity index (χ3v) is 12.6. The normalized spacial score (nSPS) is 11.9. The van der Waals surface area contributed by atoms with Gasteiger partial charge in [-0.2, -0.15) is 44.2 Å². The summed E-state index contributed by atoms with van der Waals surface area (Å²) < 4.78 is 69.2. The Labute approximate surface area is 423 Å². The van der Waals surface area contributed by atoms with Gasteiger partial charge in [-0.05, 0) is 138 Å². The van der Waals surface area contributed by atoms with Gasteiger partial charge < -0.3 is 41.7 Å². The van der Waals surface area contributed by atoms with Crippen LogP contribution in [0.5, 0.6) is 0 Å². The van der Waals surface area contributed by atoms with E-state index in [0.717, 1.165) is 38.0 Å². The maximum Gasteiger partial charge on any atom is 0.295 e. The second-order valence-corrected chi connectivity index (χ2v) is 20.1. The molecule has 2 aromatic heterocycles. The van der Waals surface area contributed by atoms with E-state index in [1.54, 1.807) is 54.6 Å². The van der Waals surface area contributed by atoms with Gasteiger partial charge in [-0.25, -0.2) is 18.8 Å². The monoisotopic (exact) mass is 1070 g/mol. The van der Waals surface area contributed by atoms with E-state index in [-0.39, 0.29) is 51.8 Å². The predicted octanol–water partition coefficient (Wildman–Crippen LogP) is 6.08. The van der Waals surface area contributed by atoms with Crippen molar-refractivity contribution < 1.29 is 45.3 Å². The number of aromatic nitrogens is 6. The summed E-state index contributed by atoms with van der Waals surface area (Å²) in [6, 6.07) is 22.0. The van der Waals surface area contributed by atoms with E-state index in [1.807, 2.05) is 38.0 Å². The second kappa shape index (κ2) is 26.4. The van der Waals surface area contributed by atoms with Gasteiger partial charge in [0.1, 0.15) is 4.90 Å². The number of rotatable bonds is 28. The summed E-state index contributed by atoms with van der Waals surface area (Å²) in [4.78, 5) is 35.8. The zero-order valence-electron chi connectivity index (χ0n) is 39.0. The largest absolute Gasteiger partial charge is 0.354 e. The van der Waals surface area contributed by atoms with E-state index in [4.69, 9.17) is 25.0 Å². The molecule has 0 aliphatic carbocycles. The number of hydrogen-bond acceptors (Lipinski definition) is 26. The highest BCUT2D eigenvalue weighted by Gasteiger charge is 2.18.